The number of aliphatic imine (C=N–C) groups is 1. The molecule has 0 aromatic heterocycles. The number of carbonyl (C=O) groups is 2. The molecule has 4 rings (SSSR count). The number of benzene rings is 2. The average Bonchev–Trinajstić information content (AvgIpc) is 3.14. The molecular formula is C25H27N3O3S. The standard InChI is InChI=1S/C25H27N3O3S/c1-3-22(25(30)28-14-13-17-9-5-8-12-21(17)28)32-23-15-18(16-24(29)31-4-2)26-19-10-6-7-11-20(19)27-23/h5-12,15,22,26H,3-4,13-14,16H2,1-2H3/t22-/m1/s1. The van der Waals surface area contributed by atoms with E-state index in [9.17, 15) is 9.59 Å². The molecule has 2 aromatic carbocycles. The number of esters is 1. The summed E-state index contributed by atoms with van der Waals surface area (Å²) in [5.74, 6) is -0.206. The van der Waals surface area contributed by atoms with E-state index in [4.69, 9.17) is 9.73 Å². The number of fused-ring (bicyclic) bond motifs is 2. The zero-order valence-electron chi connectivity index (χ0n) is 18.3. The van der Waals surface area contributed by atoms with Gasteiger partial charge in [-0.05, 0) is 49.6 Å². The number of hydrogen-bond donors (Lipinski definition) is 1. The van der Waals surface area contributed by atoms with E-state index in [1.807, 2.05) is 60.4 Å². The highest BCUT2D eigenvalue weighted by molar-refractivity contribution is 8.15. The van der Waals surface area contributed by atoms with Gasteiger partial charge in [-0.2, -0.15) is 0 Å². The van der Waals surface area contributed by atoms with Gasteiger partial charge in [0.25, 0.3) is 0 Å². The predicted molar refractivity (Wildman–Crippen MR) is 131 cm³/mol. The minimum Gasteiger partial charge on any atom is -0.466 e. The number of amides is 1. The molecule has 0 unspecified atom stereocenters. The SMILES string of the molecule is CCOC(=O)CC1=CC(S[C@H](CC)C(=O)N2CCc3ccccc32)=Nc2ccccc2N1. The Labute approximate surface area is 192 Å². The Morgan fingerprint density at radius 3 is 2.75 bits per heavy atom. The number of nitrogens with zero attached hydrogens (tertiary/aromatic N) is 2. The first-order valence-electron chi connectivity index (χ1n) is 11.0. The lowest BCUT2D eigenvalue weighted by molar-refractivity contribution is -0.142. The Hall–Kier alpha value is -3.06. The third-order valence-corrected chi connectivity index (χ3v) is 6.70. The Bertz CT molecular complexity index is 1080. The van der Waals surface area contributed by atoms with Crippen LogP contribution in [0.1, 0.15) is 32.3 Å². The number of nitrogens with one attached hydrogen (secondary N) is 1. The van der Waals surface area contributed by atoms with Gasteiger partial charge in [0.1, 0.15) is 0 Å². The van der Waals surface area contributed by atoms with Gasteiger partial charge in [-0.3, -0.25) is 9.59 Å². The van der Waals surface area contributed by atoms with Crippen LogP contribution in [-0.2, 0) is 20.7 Å². The molecule has 32 heavy (non-hydrogen) atoms. The Morgan fingerprint density at radius 2 is 1.94 bits per heavy atom. The lowest BCUT2D eigenvalue weighted by Gasteiger charge is -2.23. The van der Waals surface area contributed by atoms with Crippen molar-refractivity contribution in [2.45, 2.75) is 38.4 Å². The first-order valence-corrected chi connectivity index (χ1v) is 11.8. The van der Waals surface area contributed by atoms with Crippen LogP contribution in [0.25, 0.3) is 0 Å². The molecule has 1 amide bonds. The molecule has 2 heterocycles. The van der Waals surface area contributed by atoms with Gasteiger partial charge in [0.05, 0.1) is 34.7 Å². The maximum absolute atomic E-state index is 13.4. The van der Waals surface area contributed by atoms with Crippen LogP contribution in [0.2, 0.25) is 0 Å². The van der Waals surface area contributed by atoms with Crippen molar-refractivity contribution < 1.29 is 14.3 Å². The summed E-state index contributed by atoms with van der Waals surface area (Å²) in [7, 11) is 0. The molecule has 0 aliphatic carbocycles. The maximum atomic E-state index is 13.4. The second-order valence-electron chi connectivity index (χ2n) is 7.63. The van der Waals surface area contributed by atoms with Gasteiger partial charge in [0, 0.05) is 17.9 Å². The summed E-state index contributed by atoms with van der Waals surface area (Å²) in [6, 6.07) is 15.8. The van der Waals surface area contributed by atoms with E-state index in [1.54, 1.807) is 6.92 Å². The third kappa shape index (κ3) is 4.88. The molecule has 166 valence electrons. The molecule has 0 spiro atoms. The third-order valence-electron chi connectivity index (χ3n) is 5.43. The number of rotatable bonds is 6. The first kappa shape index (κ1) is 22.1. The maximum Gasteiger partial charge on any atom is 0.311 e. The quantitative estimate of drug-likeness (QED) is 0.623. The van der Waals surface area contributed by atoms with Crippen LogP contribution in [0.3, 0.4) is 0 Å². The fourth-order valence-electron chi connectivity index (χ4n) is 3.90. The Morgan fingerprint density at radius 1 is 1.16 bits per heavy atom. The number of hydrogen-bond acceptors (Lipinski definition) is 6. The first-order chi connectivity index (χ1) is 15.6. The fourth-order valence-corrected chi connectivity index (χ4v) is 4.95. The van der Waals surface area contributed by atoms with Gasteiger partial charge in [-0.1, -0.05) is 49.0 Å². The van der Waals surface area contributed by atoms with Crippen LogP contribution >= 0.6 is 11.8 Å². The van der Waals surface area contributed by atoms with Crippen molar-refractivity contribution in [1.82, 2.24) is 0 Å². The van der Waals surface area contributed by atoms with Crippen molar-refractivity contribution in [2.75, 3.05) is 23.4 Å². The van der Waals surface area contributed by atoms with E-state index >= 15 is 0 Å². The Kier molecular flexibility index (Phi) is 6.95. The summed E-state index contributed by atoms with van der Waals surface area (Å²) in [6.45, 7) is 4.85. The molecule has 0 saturated heterocycles. The summed E-state index contributed by atoms with van der Waals surface area (Å²) in [6.07, 6.45) is 3.53. The topological polar surface area (TPSA) is 71.0 Å². The number of para-hydroxylation sites is 3. The normalized spacial score (nSPS) is 15.5. The number of ether oxygens (including phenoxy) is 1. The summed E-state index contributed by atoms with van der Waals surface area (Å²) in [5.41, 5.74) is 4.52. The van der Waals surface area contributed by atoms with E-state index < -0.39 is 0 Å². The second-order valence-corrected chi connectivity index (χ2v) is 8.85. The van der Waals surface area contributed by atoms with Crippen molar-refractivity contribution in [1.29, 1.82) is 0 Å². The van der Waals surface area contributed by atoms with Crippen molar-refractivity contribution in [3.63, 3.8) is 0 Å². The van der Waals surface area contributed by atoms with Gasteiger partial charge in [0.15, 0.2) is 0 Å². The highest BCUT2D eigenvalue weighted by atomic mass is 32.2. The molecule has 6 nitrogen and oxygen atoms in total. The highest BCUT2D eigenvalue weighted by Crippen LogP contribution is 2.34. The monoisotopic (exact) mass is 449 g/mol. The largest absolute Gasteiger partial charge is 0.466 e. The zero-order valence-corrected chi connectivity index (χ0v) is 19.2. The van der Waals surface area contributed by atoms with Crippen LogP contribution in [0, 0.1) is 0 Å². The highest BCUT2D eigenvalue weighted by Gasteiger charge is 2.30. The summed E-state index contributed by atoms with van der Waals surface area (Å²) < 4.78 is 5.12. The molecule has 2 aliphatic heterocycles. The van der Waals surface area contributed by atoms with Gasteiger partial charge in [0.2, 0.25) is 5.91 Å². The van der Waals surface area contributed by atoms with Gasteiger partial charge in [-0.25, -0.2) is 4.99 Å². The van der Waals surface area contributed by atoms with E-state index in [-0.39, 0.29) is 23.5 Å². The van der Waals surface area contributed by atoms with Crippen LogP contribution in [0.4, 0.5) is 17.1 Å². The van der Waals surface area contributed by atoms with Gasteiger partial charge >= 0.3 is 5.97 Å². The molecule has 0 bridgehead atoms. The molecule has 2 aromatic rings. The van der Waals surface area contributed by atoms with Crippen molar-refractivity contribution in [3.05, 3.63) is 65.9 Å². The minimum absolute atomic E-state index is 0.0935. The summed E-state index contributed by atoms with van der Waals surface area (Å²) >= 11 is 1.45. The molecule has 0 radical (unpaired) electrons. The average molecular weight is 450 g/mol. The molecular weight excluding hydrogens is 422 g/mol. The van der Waals surface area contributed by atoms with Crippen LogP contribution < -0.4 is 10.2 Å². The molecule has 1 N–H and O–H groups in total. The summed E-state index contributed by atoms with van der Waals surface area (Å²) in [5, 5.41) is 3.73. The summed E-state index contributed by atoms with van der Waals surface area (Å²) in [4.78, 5) is 32.2. The van der Waals surface area contributed by atoms with E-state index in [0.717, 1.165) is 23.5 Å². The number of anilines is 2. The van der Waals surface area contributed by atoms with E-state index in [1.165, 1.54) is 17.3 Å². The van der Waals surface area contributed by atoms with Crippen molar-refractivity contribution in [3.8, 4) is 0 Å². The van der Waals surface area contributed by atoms with Gasteiger partial charge in [-0.15, -0.1) is 0 Å². The minimum atomic E-state index is -0.299. The van der Waals surface area contributed by atoms with E-state index in [0.29, 0.717) is 30.3 Å². The molecule has 7 heteroatoms. The lowest BCUT2D eigenvalue weighted by Crippen LogP contribution is -2.36. The van der Waals surface area contributed by atoms with Gasteiger partial charge < -0.3 is 15.0 Å². The second kappa shape index (κ2) is 10.0. The molecule has 1 atom stereocenters. The van der Waals surface area contributed by atoms with E-state index in [2.05, 4.69) is 11.4 Å². The van der Waals surface area contributed by atoms with Crippen LogP contribution in [0.15, 0.2) is 65.3 Å². The Balaban J connectivity index is 1.59. The molecule has 0 saturated carbocycles. The van der Waals surface area contributed by atoms with Crippen LogP contribution in [0.5, 0.6) is 0 Å². The van der Waals surface area contributed by atoms with Crippen LogP contribution in [-0.4, -0.2) is 35.3 Å². The fraction of sp³-hybridized carbons (Fsp3) is 0.320. The number of thioether (sulfide) groups is 1. The smallest absolute Gasteiger partial charge is 0.311 e. The predicted octanol–water partition coefficient (Wildman–Crippen LogP) is 5.08. The number of carbonyl (C=O) groups excluding carboxylic acids is 2. The van der Waals surface area contributed by atoms with Crippen molar-refractivity contribution in [2.24, 2.45) is 4.99 Å². The lowest BCUT2D eigenvalue weighted by atomic mass is 10.2. The molecule has 2 aliphatic rings. The zero-order chi connectivity index (χ0) is 22.5. The molecule has 0 fully saturated rings. The van der Waals surface area contributed by atoms with Crippen molar-refractivity contribution >= 4 is 45.7 Å².